The van der Waals surface area contributed by atoms with Crippen molar-refractivity contribution in [3.05, 3.63) is 94.8 Å². The van der Waals surface area contributed by atoms with E-state index in [-0.39, 0.29) is 23.8 Å². The number of hydrogen-bond acceptors (Lipinski definition) is 1. The zero-order chi connectivity index (χ0) is 23.5. The number of aryl methyl sites for hydroxylation is 1. The molecule has 0 radical (unpaired) electrons. The summed E-state index contributed by atoms with van der Waals surface area (Å²) in [6.07, 6.45) is -1.91. The summed E-state index contributed by atoms with van der Waals surface area (Å²) in [5.74, 6) is -8.49. The zero-order valence-corrected chi connectivity index (χ0v) is 16.7. The van der Waals surface area contributed by atoms with E-state index in [4.69, 9.17) is 0 Å². The Bertz CT molecular complexity index is 1090. The van der Waals surface area contributed by atoms with Gasteiger partial charge in [-0.15, -0.1) is 0 Å². The van der Waals surface area contributed by atoms with E-state index in [0.717, 1.165) is 30.5 Å². The summed E-state index contributed by atoms with van der Waals surface area (Å²) in [6, 6.07) is 9.53. The Morgan fingerprint density at radius 1 is 0.781 bits per heavy atom. The molecule has 0 aromatic heterocycles. The Hall–Kier alpha value is -3.29. The number of alkyl halides is 2. The number of ether oxygens (including phenoxy) is 1. The first-order chi connectivity index (χ1) is 15.1. The van der Waals surface area contributed by atoms with Crippen LogP contribution in [0.5, 0.6) is 5.75 Å². The maximum absolute atomic E-state index is 14.4. The van der Waals surface area contributed by atoms with Gasteiger partial charge in [0.15, 0.2) is 17.5 Å². The van der Waals surface area contributed by atoms with Crippen molar-refractivity contribution < 1.29 is 35.5 Å². The molecular weight excluding hydrogens is 437 g/mol. The van der Waals surface area contributed by atoms with Crippen LogP contribution in [0.3, 0.4) is 0 Å². The van der Waals surface area contributed by atoms with Crippen molar-refractivity contribution in [3.8, 4) is 16.9 Å². The number of halogens is 7. The van der Waals surface area contributed by atoms with Crippen molar-refractivity contribution in [2.75, 3.05) is 0 Å². The third-order valence-electron chi connectivity index (χ3n) is 4.56. The van der Waals surface area contributed by atoms with Gasteiger partial charge in [0.05, 0.1) is 0 Å². The Balaban J connectivity index is 1.82. The summed E-state index contributed by atoms with van der Waals surface area (Å²) in [5, 5.41) is 0. The second-order valence-electron chi connectivity index (χ2n) is 7.00. The molecule has 3 rings (SSSR count). The highest BCUT2D eigenvalue weighted by atomic mass is 19.3. The van der Waals surface area contributed by atoms with Crippen molar-refractivity contribution >= 4 is 6.08 Å². The van der Waals surface area contributed by atoms with E-state index in [1.165, 1.54) is 0 Å². The summed E-state index contributed by atoms with van der Waals surface area (Å²) in [5.41, 5.74) is 1.09. The van der Waals surface area contributed by atoms with Gasteiger partial charge in [-0.05, 0) is 41.3 Å². The predicted octanol–water partition coefficient (Wildman–Crippen LogP) is 7.69. The molecule has 0 bridgehead atoms. The maximum atomic E-state index is 14.4. The lowest BCUT2D eigenvalue weighted by Gasteiger charge is -2.15. The van der Waals surface area contributed by atoms with Crippen LogP contribution in [-0.4, -0.2) is 6.11 Å². The second-order valence-corrected chi connectivity index (χ2v) is 7.00. The normalized spacial score (nSPS) is 11.9. The minimum atomic E-state index is -4.19. The number of rotatable bonds is 7. The van der Waals surface area contributed by atoms with Crippen LogP contribution < -0.4 is 4.74 Å². The lowest BCUT2D eigenvalue weighted by atomic mass is 10.0. The molecule has 0 fully saturated rings. The fraction of sp³-hybridized carbons (Fsp3) is 0.167. The fourth-order valence-corrected chi connectivity index (χ4v) is 3.03. The van der Waals surface area contributed by atoms with Crippen LogP contribution in [0.4, 0.5) is 30.7 Å². The van der Waals surface area contributed by atoms with E-state index < -0.39 is 46.5 Å². The molecule has 1 nitrogen and oxygen atoms in total. The van der Waals surface area contributed by atoms with E-state index in [0.29, 0.717) is 11.6 Å². The van der Waals surface area contributed by atoms with Gasteiger partial charge >= 0.3 is 6.11 Å². The van der Waals surface area contributed by atoms with Crippen LogP contribution in [0.2, 0.25) is 0 Å². The van der Waals surface area contributed by atoms with E-state index in [9.17, 15) is 30.7 Å². The monoisotopic (exact) mass is 454 g/mol. The maximum Gasteiger partial charge on any atom is 0.419 e. The molecule has 0 spiro atoms. The minimum Gasteiger partial charge on any atom is -0.429 e. The van der Waals surface area contributed by atoms with Crippen molar-refractivity contribution in [2.24, 2.45) is 0 Å². The molecule has 0 unspecified atom stereocenters. The molecule has 3 aromatic rings. The molecule has 3 aromatic carbocycles. The summed E-state index contributed by atoms with van der Waals surface area (Å²) in [7, 11) is 0. The standard InChI is InChI=1S/C24H17F7O/c1-2-3-14-4-6-15(7-5-14)16-10-19(25)18(20(26)11-16)8-9-24(30,31)32-17-12-21(27)23(29)22(28)13-17/h4-13H,2-3H2,1H3. The van der Waals surface area contributed by atoms with Gasteiger partial charge in [-0.2, -0.15) is 8.78 Å². The molecule has 0 aliphatic rings. The smallest absolute Gasteiger partial charge is 0.419 e. The van der Waals surface area contributed by atoms with Crippen LogP contribution in [0.15, 0.2) is 54.6 Å². The highest BCUT2D eigenvalue weighted by Gasteiger charge is 2.29. The van der Waals surface area contributed by atoms with E-state index in [1.54, 1.807) is 12.1 Å². The summed E-state index contributed by atoms with van der Waals surface area (Å²) in [4.78, 5) is 0. The first-order valence-corrected chi connectivity index (χ1v) is 9.58. The van der Waals surface area contributed by atoms with Crippen LogP contribution in [0.25, 0.3) is 17.2 Å². The molecule has 0 N–H and O–H groups in total. The molecule has 0 amide bonds. The summed E-state index contributed by atoms with van der Waals surface area (Å²) in [6.45, 7) is 2.02. The fourth-order valence-electron chi connectivity index (χ4n) is 3.03. The van der Waals surface area contributed by atoms with Gasteiger partial charge in [-0.25, -0.2) is 22.0 Å². The van der Waals surface area contributed by atoms with Crippen LogP contribution >= 0.6 is 0 Å². The van der Waals surface area contributed by atoms with Gasteiger partial charge in [0, 0.05) is 23.8 Å². The molecule has 0 saturated heterocycles. The van der Waals surface area contributed by atoms with Gasteiger partial charge in [-0.1, -0.05) is 37.6 Å². The van der Waals surface area contributed by atoms with Gasteiger partial charge in [0.25, 0.3) is 0 Å². The first-order valence-electron chi connectivity index (χ1n) is 9.58. The molecule has 0 aliphatic heterocycles. The Labute approximate surface area is 179 Å². The minimum absolute atomic E-state index is 0.0207. The largest absolute Gasteiger partial charge is 0.429 e. The number of hydrogen-bond donors (Lipinski definition) is 0. The van der Waals surface area contributed by atoms with Crippen LogP contribution in [0.1, 0.15) is 24.5 Å². The average molecular weight is 454 g/mol. The van der Waals surface area contributed by atoms with Crippen molar-refractivity contribution in [3.63, 3.8) is 0 Å². The lowest BCUT2D eigenvalue weighted by molar-refractivity contribution is -0.131. The molecule has 168 valence electrons. The zero-order valence-electron chi connectivity index (χ0n) is 16.7. The Morgan fingerprint density at radius 3 is 1.88 bits per heavy atom. The molecule has 0 heterocycles. The lowest BCUT2D eigenvalue weighted by Crippen LogP contribution is -2.21. The van der Waals surface area contributed by atoms with Crippen molar-refractivity contribution in [1.82, 2.24) is 0 Å². The predicted molar refractivity (Wildman–Crippen MR) is 107 cm³/mol. The Kier molecular flexibility index (Phi) is 6.91. The van der Waals surface area contributed by atoms with Crippen LogP contribution in [0, 0.1) is 29.1 Å². The van der Waals surface area contributed by atoms with Gasteiger partial charge in [0.1, 0.15) is 17.4 Å². The third kappa shape index (κ3) is 5.49. The molecule has 0 saturated carbocycles. The molecule has 8 heteroatoms. The molecule has 32 heavy (non-hydrogen) atoms. The molecule has 0 atom stereocenters. The quantitative estimate of drug-likeness (QED) is 0.263. The molecular formula is C24H17F7O. The van der Waals surface area contributed by atoms with Crippen molar-refractivity contribution in [2.45, 2.75) is 25.9 Å². The summed E-state index contributed by atoms with van der Waals surface area (Å²) >= 11 is 0. The van der Waals surface area contributed by atoms with Gasteiger partial charge < -0.3 is 4.74 Å². The second kappa shape index (κ2) is 9.46. The highest BCUT2D eigenvalue weighted by Crippen LogP contribution is 2.29. The first kappa shape index (κ1) is 23.4. The van der Waals surface area contributed by atoms with Crippen LogP contribution in [-0.2, 0) is 6.42 Å². The SMILES string of the molecule is CCCc1ccc(-c2cc(F)c(C=CC(F)(F)Oc3cc(F)c(F)c(F)c3)c(F)c2)cc1. The van der Waals surface area contributed by atoms with E-state index >= 15 is 0 Å². The average Bonchev–Trinajstić information content (AvgIpc) is 2.71. The van der Waals surface area contributed by atoms with E-state index in [1.807, 2.05) is 19.1 Å². The third-order valence-corrected chi connectivity index (χ3v) is 4.56. The van der Waals surface area contributed by atoms with Gasteiger partial charge in [-0.3, -0.25) is 0 Å². The van der Waals surface area contributed by atoms with E-state index in [2.05, 4.69) is 4.74 Å². The topological polar surface area (TPSA) is 9.23 Å². The summed E-state index contributed by atoms with van der Waals surface area (Å²) < 4.78 is 100. The van der Waals surface area contributed by atoms with Gasteiger partial charge in [0.2, 0.25) is 0 Å². The number of benzene rings is 3. The highest BCUT2D eigenvalue weighted by molar-refractivity contribution is 5.67. The molecule has 0 aliphatic carbocycles. The Morgan fingerprint density at radius 2 is 1.34 bits per heavy atom. The van der Waals surface area contributed by atoms with Crippen molar-refractivity contribution in [1.29, 1.82) is 0 Å².